The fraction of sp³-hybridized carbons (Fsp3) is 1.00. The SMILES string of the molecule is C[C@@H](O)[C@H]1O[C@H](O)[C@H](N)[C@@H]1O. The molecule has 5 nitrogen and oxygen atoms in total. The second-order valence-electron chi connectivity index (χ2n) is 2.80. The zero-order valence-corrected chi connectivity index (χ0v) is 6.21. The Balaban J connectivity index is 2.59. The van der Waals surface area contributed by atoms with Gasteiger partial charge in [-0.3, -0.25) is 0 Å². The van der Waals surface area contributed by atoms with Gasteiger partial charge in [-0.2, -0.15) is 0 Å². The molecule has 5 atom stereocenters. The third kappa shape index (κ3) is 1.52. The van der Waals surface area contributed by atoms with Gasteiger partial charge in [0.05, 0.1) is 12.1 Å². The molecule has 1 rings (SSSR count). The fourth-order valence-corrected chi connectivity index (χ4v) is 1.12. The molecular weight excluding hydrogens is 150 g/mol. The summed E-state index contributed by atoms with van der Waals surface area (Å²) in [4.78, 5) is 0. The molecule has 0 aromatic rings. The number of ether oxygens (including phenoxy) is 1. The Morgan fingerprint density at radius 2 is 2.00 bits per heavy atom. The maximum atomic E-state index is 9.23. The summed E-state index contributed by atoms with van der Waals surface area (Å²) in [5.74, 6) is 0. The Hall–Kier alpha value is -0.200. The Kier molecular flexibility index (Phi) is 2.46. The Labute approximate surface area is 64.4 Å². The molecule has 0 amide bonds. The lowest BCUT2D eigenvalue weighted by atomic mass is 10.1. The van der Waals surface area contributed by atoms with Crippen molar-refractivity contribution < 1.29 is 20.1 Å². The number of hydrogen-bond donors (Lipinski definition) is 4. The van der Waals surface area contributed by atoms with E-state index in [9.17, 15) is 5.11 Å². The average molecular weight is 163 g/mol. The highest BCUT2D eigenvalue weighted by atomic mass is 16.6. The summed E-state index contributed by atoms with van der Waals surface area (Å²) >= 11 is 0. The summed E-state index contributed by atoms with van der Waals surface area (Å²) in [5.41, 5.74) is 5.31. The summed E-state index contributed by atoms with van der Waals surface area (Å²) in [6.45, 7) is 1.47. The van der Waals surface area contributed by atoms with Crippen LogP contribution < -0.4 is 5.73 Å². The van der Waals surface area contributed by atoms with Crippen molar-refractivity contribution in [2.75, 3.05) is 0 Å². The molecule has 1 aliphatic heterocycles. The summed E-state index contributed by atoms with van der Waals surface area (Å²) in [6.07, 6.45) is -3.78. The number of aliphatic hydroxyl groups is 3. The molecule has 0 aromatic carbocycles. The van der Waals surface area contributed by atoms with E-state index in [1.807, 2.05) is 0 Å². The lowest BCUT2D eigenvalue weighted by Crippen LogP contribution is -2.42. The molecule has 0 spiro atoms. The molecule has 1 aliphatic rings. The highest BCUT2D eigenvalue weighted by Crippen LogP contribution is 2.20. The van der Waals surface area contributed by atoms with Crippen molar-refractivity contribution in [3.05, 3.63) is 0 Å². The quantitative estimate of drug-likeness (QED) is 0.351. The third-order valence-electron chi connectivity index (χ3n) is 1.83. The molecular formula is C6H13NO4. The molecule has 66 valence electrons. The van der Waals surface area contributed by atoms with Gasteiger partial charge in [-0.05, 0) is 6.92 Å². The minimum absolute atomic E-state index is 0.778. The van der Waals surface area contributed by atoms with Gasteiger partial charge in [0.2, 0.25) is 0 Å². The van der Waals surface area contributed by atoms with E-state index in [1.165, 1.54) is 6.92 Å². The van der Waals surface area contributed by atoms with Gasteiger partial charge >= 0.3 is 0 Å². The van der Waals surface area contributed by atoms with Crippen LogP contribution in [0.2, 0.25) is 0 Å². The number of rotatable bonds is 1. The smallest absolute Gasteiger partial charge is 0.173 e. The Morgan fingerprint density at radius 3 is 2.18 bits per heavy atom. The van der Waals surface area contributed by atoms with Crippen LogP contribution in [0.4, 0.5) is 0 Å². The normalized spacial score (nSPS) is 47.7. The standard InChI is InChI=1S/C6H13NO4/c1-2(8)5-4(9)3(7)6(10)11-5/h2-6,8-10H,7H2,1H3/t2-,3-,4+,5-,6+/m1/s1. The molecule has 0 radical (unpaired) electrons. The van der Waals surface area contributed by atoms with E-state index >= 15 is 0 Å². The third-order valence-corrected chi connectivity index (χ3v) is 1.83. The molecule has 5 heteroatoms. The second kappa shape index (κ2) is 3.04. The van der Waals surface area contributed by atoms with Crippen molar-refractivity contribution in [3.8, 4) is 0 Å². The molecule has 0 aromatic heterocycles. The van der Waals surface area contributed by atoms with E-state index in [0.717, 1.165) is 0 Å². The minimum atomic E-state index is -1.18. The summed E-state index contributed by atoms with van der Waals surface area (Å²) in [6, 6.07) is -0.824. The molecule has 0 aliphatic carbocycles. The molecule has 5 N–H and O–H groups in total. The Morgan fingerprint density at radius 1 is 1.45 bits per heavy atom. The van der Waals surface area contributed by atoms with Gasteiger partial charge in [0.15, 0.2) is 6.29 Å². The van der Waals surface area contributed by atoms with Crippen molar-refractivity contribution in [1.82, 2.24) is 0 Å². The van der Waals surface area contributed by atoms with Gasteiger partial charge in [0.25, 0.3) is 0 Å². The number of hydrogen-bond acceptors (Lipinski definition) is 5. The predicted octanol–water partition coefficient (Wildman–Crippen LogP) is -2.23. The average Bonchev–Trinajstić information content (AvgIpc) is 2.17. The molecule has 0 unspecified atom stereocenters. The van der Waals surface area contributed by atoms with Gasteiger partial charge in [0, 0.05) is 0 Å². The van der Waals surface area contributed by atoms with Crippen LogP contribution in [0.5, 0.6) is 0 Å². The van der Waals surface area contributed by atoms with E-state index in [0.29, 0.717) is 0 Å². The van der Waals surface area contributed by atoms with E-state index in [2.05, 4.69) is 0 Å². The van der Waals surface area contributed by atoms with Gasteiger partial charge in [0.1, 0.15) is 12.2 Å². The molecule has 0 bridgehead atoms. The maximum absolute atomic E-state index is 9.23. The first kappa shape index (κ1) is 8.89. The van der Waals surface area contributed by atoms with Gasteiger partial charge in [-0.25, -0.2) is 0 Å². The molecule has 0 saturated carbocycles. The molecule has 1 fully saturated rings. The van der Waals surface area contributed by atoms with Crippen molar-refractivity contribution >= 4 is 0 Å². The van der Waals surface area contributed by atoms with Crippen LogP contribution in [0.15, 0.2) is 0 Å². The summed E-state index contributed by atoms with van der Waals surface area (Å²) in [7, 11) is 0. The fourth-order valence-electron chi connectivity index (χ4n) is 1.12. The summed E-state index contributed by atoms with van der Waals surface area (Å²) in [5, 5.41) is 27.2. The van der Waals surface area contributed by atoms with Crippen LogP contribution >= 0.6 is 0 Å². The van der Waals surface area contributed by atoms with Crippen LogP contribution in [0.1, 0.15) is 6.92 Å². The van der Waals surface area contributed by atoms with E-state index in [-0.39, 0.29) is 0 Å². The van der Waals surface area contributed by atoms with Crippen molar-refractivity contribution in [1.29, 1.82) is 0 Å². The zero-order valence-electron chi connectivity index (χ0n) is 6.21. The van der Waals surface area contributed by atoms with E-state index in [4.69, 9.17) is 20.7 Å². The first-order valence-corrected chi connectivity index (χ1v) is 3.49. The highest BCUT2D eigenvalue weighted by Gasteiger charge is 2.42. The predicted molar refractivity (Wildman–Crippen MR) is 36.5 cm³/mol. The first-order valence-electron chi connectivity index (χ1n) is 3.49. The minimum Gasteiger partial charge on any atom is -0.391 e. The number of nitrogens with two attached hydrogens (primary N) is 1. The monoisotopic (exact) mass is 163 g/mol. The zero-order chi connectivity index (χ0) is 8.59. The summed E-state index contributed by atoms with van der Waals surface area (Å²) < 4.78 is 4.78. The van der Waals surface area contributed by atoms with Gasteiger partial charge in [-0.1, -0.05) is 0 Å². The van der Waals surface area contributed by atoms with Gasteiger partial charge in [-0.15, -0.1) is 0 Å². The molecule has 1 saturated heterocycles. The van der Waals surface area contributed by atoms with Crippen LogP contribution in [-0.2, 0) is 4.74 Å². The topological polar surface area (TPSA) is 95.9 Å². The van der Waals surface area contributed by atoms with Crippen LogP contribution in [0.25, 0.3) is 0 Å². The van der Waals surface area contributed by atoms with E-state index in [1.54, 1.807) is 0 Å². The molecule has 1 heterocycles. The highest BCUT2D eigenvalue weighted by molar-refractivity contribution is 4.91. The van der Waals surface area contributed by atoms with Crippen LogP contribution in [0.3, 0.4) is 0 Å². The number of aliphatic hydroxyl groups excluding tert-OH is 3. The lowest BCUT2D eigenvalue weighted by molar-refractivity contribution is -0.127. The maximum Gasteiger partial charge on any atom is 0.173 e. The lowest BCUT2D eigenvalue weighted by Gasteiger charge is -2.16. The Bertz CT molecular complexity index is 141. The van der Waals surface area contributed by atoms with Crippen molar-refractivity contribution in [3.63, 3.8) is 0 Å². The van der Waals surface area contributed by atoms with Crippen LogP contribution in [0, 0.1) is 0 Å². The first-order chi connectivity index (χ1) is 5.04. The second-order valence-corrected chi connectivity index (χ2v) is 2.80. The van der Waals surface area contributed by atoms with Gasteiger partial charge < -0.3 is 25.8 Å². The van der Waals surface area contributed by atoms with Crippen molar-refractivity contribution in [2.45, 2.75) is 37.6 Å². The van der Waals surface area contributed by atoms with Crippen LogP contribution in [-0.4, -0.2) is 46.0 Å². The molecule has 11 heavy (non-hydrogen) atoms. The largest absolute Gasteiger partial charge is 0.391 e. The van der Waals surface area contributed by atoms with E-state index < -0.39 is 30.6 Å². The van der Waals surface area contributed by atoms with Crippen molar-refractivity contribution in [2.24, 2.45) is 5.73 Å².